The first-order chi connectivity index (χ1) is 14.1. The number of hydrazone groups is 1. The summed E-state index contributed by atoms with van der Waals surface area (Å²) >= 11 is 3.41. The Labute approximate surface area is 177 Å². The third-order valence-corrected chi connectivity index (χ3v) is 5.50. The number of carbonyl (C=O) groups is 1. The number of hydrogen-bond acceptors (Lipinski definition) is 5. The summed E-state index contributed by atoms with van der Waals surface area (Å²) in [6.07, 6.45) is 5.31. The second kappa shape index (κ2) is 8.69. The third kappa shape index (κ3) is 4.45. The highest BCUT2D eigenvalue weighted by Crippen LogP contribution is 2.27. The number of piperidine rings is 1. The molecule has 1 aliphatic heterocycles. The molecule has 1 fully saturated rings. The molecule has 0 saturated carbocycles. The fourth-order valence-electron chi connectivity index (χ4n) is 3.50. The average Bonchev–Trinajstić information content (AvgIpc) is 3.18. The number of ether oxygens (including phenoxy) is 1. The summed E-state index contributed by atoms with van der Waals surface area (Å²) in [6, 6.07) is 13.3. The lowest BCUT2D eigenvalue weighted by molar-refractivity contribution is 0.0929. The number of fused-ring (bicyclic) bond motifs is 1. The van der Waals surface area contributed by atoms with Crippen LogP contribution in [-0.2, 0) is 0 Å². The first kappa shape index (κ1) is 19.5. The molecule has 7 heteroatoms. The van der Waals surface area contributed by atoms with Crippen LogP contribution in [0.3, 0.4) is 0 Å². The molecule has 0 radical (unpaired) electrons. The molecule has 0 bridgehead atoms. The van der Waals surface area contributed by atoms with E-state index in [-0.39, 0.29) is 5.76 Å². The monoisotopic (exact) mass is 455 g/mol. The van der Waals surface area contributed by atoms with Gasteiger partial charge in [-0.15, -0.1) is 0 Å². The van der Waals surface area contributed by atoms with Crippen molar-refractivity contribution in [3.63, 3.8) is 0 Å². The molecule has 1 saturated heterocycles. The highest BCUT2D eigenvalue weighted by Gasteiger charge is 2.14. The van der Waals surface area contributed by atoms with Gasteiger partial charge in [0.2, 0.25) is 0 Å². The second-order valence-corrected chi connectivity index (χ2v) is 7.88. The number of amides is 1. The number of methoxy groups -OCH3 is 1. The van der Waals surface area contributed by atoms with Crippen molar-refractivity contribution in [1.29, 1.82) is 0 Å². The first-order valence-corrected chi connectivity index (χ1v) is 10.4. The second-order valence-electron chi connectivity index (χ2n) is 6.97. The van der Waals surface area contributed by atoms with Gasteiger partial charge in [0, 0.05) is 40.3 Å². The first-order valence-electron chi connectivity index (χ1n) is 9.59. The number of furan rings is 1. The van der Waals surface area contributed by atoms with Crippen molar-refractivity contribution in [3.8, 4) is 5.75 Å². The standard InChI is InChI=1S/C22H22BrN3O3/c1-28-20-13-18(26-9-3-2-4-10-26)7-5-15(20)14-24-25-22(27)21-12-16-11-17(23)6-8-19(16)29-21/h5-8,11-14H,2-4,9-10H2,1H3,(H,25,27)/b24-14+. The molecule has 2 aromatic carbocycles. The lowest BCUT2D eigenvalue weighted by atomic mass is 10.1. The van der Waals surface area contributed by atoms with E-state index in [9.17, 15) is 4.79 Å². The van der Waals surface area contributed by atoms with Crippen LogP contribution in [-0.4, -0.2) is 32.3 Å². The van der Waals surface area contributed by atoms with Crippen LogP contribution >= 0.6 is 15.9 Å². The van der Waals surface area contributed by atoms with Gasteiger partial charge in [0.15, 0.2) is 5.76 Å². The molecule has 0 atom stereocenters. The summed E-state index contributed by atoms with van der Waals surface area (Å²) < 4.78 is 12.0. The van der Waals surface area contributed by atoms with Crippen LogP contribution in [0.25, 0.3) is 11.0 Å². The van der Waals surface area contributed by atoms with E-state index in [1.807, 2.05) is 30.3 Å². The van der Waals surface area contributed by atoms with Gasteiger partial charge in [-0.3, -0.25) is 4.79 Å². The smallest absolute Gasteiger partial charge is 0.307 e. The van der Waals surface area contributed by atoms with Crippen molar-refractivity contribution in [2.75, 3.05) is 25.1 Å². The average molecular weight is 456 g/mol. The van der Waals surface area contributed by atoms with Crippen LogP contribution in [0, 0.1) is 0 Å². The molecule has 0 spiro atoms. The molecule has 29 heavy (non-hydrogen) atoms. The summed E-state index contributed by atoms with van der Waals surface area (Å²) in [7, 11) is 1.64. The minimum absolute atomic E-state index is 0.211. The SMILES string of the molecule is COc1cc(N2CCCCC2)ccc1/C=N/NC(=O)c1cc2cc(Br)ccc2o1. The van der Waals surface area contributed by atoms with Gasteiger partial charge in [-0.1, -0.05) is 15.9 Å². The molecule has 3 aromatic rings. The molecule has 150 valence electrons. The van der Waals surface area contributed by atoms with Crippen molar-refractivity contribution in [1.82, 2.24) is 5.43 Å². The maximum Gasteiger partial charge on any atom is 0.307 e. The summed E-state index contributed by atoms with van der Waals surface area (Å²) in [6.45, 7) is 2.14. The Kier molecular flexibility index (Phi) is 5.85. The van der Waals surface area contributed by atoms with Gasteiger partial charge in [-0.2, -0.15) is 5.10 Å². The molecule has 2 heterocycles. The Bertz CT molecular complexity index is 1050. The van der Waals surface area contributed by atoms with Crippen molar-refractivity contribution >= 4 is 44.7 Å². The van der Waals surface area contributed by atoms with Crippen molar-refractivity contribution in [3.05, 3.63) is 58.3 Å². The van der Waals surface area contributed by atoms with E-state index < -0.39 is 5.91 Å². The van der Waals surface area contributed by atoms with Crippen LogP contribution in [0.1, 0.15) is 35.4 Å². The van der Waals surface area contributed by atoms with E-state index in [2.05, 4.69) is 37.4 Å². The Morgan fingerprint density at radius 2 is 2.00 bits per heavy atom. The number of anilines is 1. The number of nitrogens with zero attached hydrogens (tertiary/aromatic N) is 2. The zero-order valence-corrected chi connectivity index (χ0v) is 17.7. The van der Waals surface area contributed by atoms with Crippen LogP contribution in [0.4, 0.5) is 5.69 Å². The maximum absolute atomic E-state index is 12.3. The molecular formula is C22H22BrN3O3. The minimum Gasteiger partial charge on any atom is -0.496 e. The van der Waals surface area contributed by atoms with E-state index in [1.54, 1.807) is 19.4 Å². The van der Waals surface area contributed by atoms with Gasteiger partial charge in [-0.05, 0) is 55.7 Å². The Hall–Kier alpha value is -2.80. The molecule has 1 aliphatic rings. The molecule has 0 unspecified atom stereocenters. The third-order valence-electron chi connectivity index (χ3n) is 5.01. The summed E-state index contributed by atoms with van der Waals surface area (Å²) in [5, 5.41) is 4.92. The summed E-state index contributed by atoms with van der Waals surface area (Å²) in [5.74, 6) is 0.528. The number of nitrogens with one attached hydrogen (secondary N) is 1. The highest BCUT2D eigenvalue weighted by atomic mass is 79.9. The predicted octanol–water partition coefficient (Wildman–Crippen LogP) is 4.96. The van der Waals surface area contributed by atoms with Gasteiger partial charge in [-0.25, -0.2) is 5.43 Å². The number of carbonyl (C=O) groups excluding carboxylic acids is 1. The Balaban J connectivity index is 1.45. The predicted molar refractivity (Wildman–Crippen MR) is 118 cm³/mol. The number of benzene rings is 2. The fraction of sp³-hybridized carbons (Fsp3) is 0.273. The van der Waals surface area contributed by atoms with E-state index in [0.29, 0.717) is 5.58 Å². The van der Waals surface area contributed by atoms with Crippen molar-refractivity contribution < 1.29 is 13.9 Å². The largest absolute Gasteiger partial charge is 0.496 e. The van der Waals surface area contributed by atoms with Crippen LogP contribution < -0.4 is 15.1 Å². The van der Waals surface area contributed by atoms with E-state index >= 15 is 0 Å². The molecule has 1 N–H and O–H groups in total. The molecular weight excluding hydrogens is 434 g/mol. The fourth-order valence-corrected chi connectivity index (χ4v) is 3.88. The lowest BCUT2D eigenvalue weighted by Crippen LogP contribution is -2.29. The summed E-state index contributed by atoms with van der Waals surface area (Å²) in [5.41, 5.74) is 5.10. The topological polar surface area (TPSA) is 67.1 Å². The highest BCUT2D eigenvalue weighted by molar-refractivity contribution is 9.10. The number of halogens is 1. The van der Waals surface area contributed by atoms with Crippen LogP contribution in [0.5, 0.6) is 5.75 Å². The molecule has 0 aliphatic carbocycles. The summed E-state index contributed by atoms with van der Waals surface area (Å²) in [4.78, 5) is 14.7. The molecule has 4 rings (SSSR count). The Morgan fingerprint density at radius 3 is 2.79 bits per heavy atom. The molecule has 1 amide bonds. The van der Waals surface area contributed by atoms with Gasteiger partial charge >= 0.3 is 5.91 Å². The van der Waals surface area contributed by atoms with Crippen LogP contribution in [0.2, 0.25) is 0 Å². The van der Waals surface area contributed by atoms with E-state index in [4.69, 9.17) is 9.15 Å². The van der Waals surface area contributed by atoms with E-state index in [0.717, 1.165) is 39.9 Å². The Morgan fingerprint density at radius 1 is 1.17 bits per heavy atom. The lowest BCUT2D eigenvalue weighted by Gasteiger charge is -2.29. The van der Waals surface area contributed by atoms with Gasteiger partial charge in [0.05, 0.1) is 13.3 Å². The minimum atomic E-state index is -0.405. The van der Waals surface area contributed by atoms with Gasteiger partial charge < -0.3 is 14.1 Å². The zero-order chi connectivity index (χ0) is 20.2. The van der Waals surface area contributed by atoms with Crippen molar-refractivity contribution in [2.24, 2.45) is 5.10 Å². The maximum atomic E-state index is 12.3. The molecule has 1 aromatic heterocycles. The number of hydrogen-bond donors (Lipinski definition) is 1. The van der Waals surface area contributed by atoms with Gasteiger partial charge in [0.25, 0.3) is 0 Å². The van der Waals surface area contributed by atoms with Crippen LogP contribution in [0.15, 0.2) is 56.5 Å². The quantitative estimate of drug-likeness (QED) is 0.436. The number of rotatable bonds is 5. The zero-order valence-electron chi connectivity index (χ0n) is 16.2. The normalized spacial score (nSPS) is 14.5. The van der Waals surface area contributed by atoms with Crippen molar-refractivity contribution in [2.45, 2.75) is 19.3 Å². The van der Waals surface area contributed by atoms with E-state index in [1.165, 1.54) is 19.3 Å². The molecule has 6 nitrogen and oxygen atoms in total. The van der Waals surface area contributed by atoms with Gasteiger partial charge in [0.1, 0.15) is 11.3 Å².